The van der Waals surface area contributed by atoms with Crippen LogP contribution in [0.3, 0.4) is 0 Å². The molecule has 1 aliphatic rings. The molecular formula is C22H22N4O3S. The fourth-order valence-corrected chi connectivity index (χ4v) is 4.25. The molecule has 0 radical (unpaired) electrons. The largest absolute Gasteiger partial charge is 0.497 e. The van der Waals surface area contributed by atoms with E-state index in [1.54, 1.807) is 7.11 Å². The number of piperazine rings is 1. The zero-order valence-corrected chi connectivity index (χ0v) is 17.5. The van der Waals surface area contributed by atoms with Crippen LogP contribution >= 0.6 is 11.8 Å². The maximum absolute atomic E-state index is 12.6. The van der Waals surface area contributed by atoms with E-state index in [0.29, 0.717) is 31.4 Å². The highest BCUT2D eigenvalue weighted by Gasteiger charge is 2.27. The molecule has 0 aliphatic carbocycles. The monoisotopic (exact) mass is 422 g/mol. The third kappa shape index (κ3) is 4.42. The maximum atomic E-state index is 12.6. The number of hydrogen-bond acceptors (Lipinski definition) is 7. The van der Waals surface area contributed by atoms with Crippen molar-refractivity contribution >= 4 is 28.8 Å². The molecule has 1 amide bonds. The lowest BCUT2D eigenvalue weighted by molar-refractivity contribution is -0.130. The number of nitrogens with zero attached hydrogens (tertiary/aromatic N) is 4. The van der Waals surface area contributed by atoms with Gasteiger partial charge in [-0.1, -0.05) is 36.0 Å². The molecule has 3 aromatic rings. The van der Waals surface area contributed by atoms with E-state index in [2.05, 4.69) is 16.0 Å². The Morgan fingerprint density at radius 2 is 1.93 bits per heavy atom. The Labute approximate surface area is 179 Å². The number of benzene rings is 2. The molecule has 154 valence electrons. The van der Waals surface area contributed by atoms with E-state index in [4.69, 9.17) is 9.15 Å². The molecule has 1 fully saturated rings. The third-order valence-electron chi connectivity index (χ3n) is 5.18. The Balaban J connectivity index is 1.30. The number of nitriles is 1. The summed E-state index contributed by atoms with van der Waals surface area (Å²) in [6.45, 7) is 2.51. The van der Waals surface area contributed by atoms with Crippen molar-refractivity contribution in [1.82, 2.24) is 14.8 Å². The first-order valence-corrected chi connectivity index (χ1v) is 10.7. The smallest absolute Gasteiger partial charge is 0.257 e. The van der Waals surface area contributed by atoms with Gasteiger partial charge in [0.1, 0.15) is 17.3 Å². The Kier molecular flexibility index (Phi) is 6.21. The molecule has 4 rings (SSSR count). The number of para-hydroxylation sites is 2. The minimum atomic E-state index is -0.331. The number of methoxy groups -OCH3 is 1. The van der Waals surface area contributed by atoms with Gasteiger partial charge in [-0.05, 0) is 29.8 Å². The number of amides is 1. The Morgan fingerprint density at radius 1 is 1.20 bits per heavy atom. The quantitative estimate of drug-likeness (QED) is 0.564. The third-order valence-corrected chi connectivity index (χ3v) is 5.99. The van der Waals surface area contributed by atoms with Crippen molar-refractivity contribution in [2.24, 2.45) is 0 Å². The first-order valence-electron chi connectivity index (χ1n) is 9.71. The predicted molar refractivity (Wildman–Crippen MR) is 114 cm³/mol. The van der Waals surface area contributed by atoms with Gasteiger partial charge >= 0.3 is 0 Å². The van der Waals surface area contributed by atoms with Crippen molar-refractivity contribution in [3.63, 3.8) is 0 Å². The van der Waals surface area contributed by atoms with Crippen LogP contribution in [0.4, 0.5) is 0 Å². The second-order valence-corrected chi connectivity index (χ2v) is 7.88. The van der Waals surface area contributed by atoms with Gasteiger partial charge in [-0.3, -0.25) is 9.69 Å². The van der Waals surface area contributed by atoms with E-state index in [9.17, 15) is 10.1 Å². The van der Waals surface area contributed by atoms with Crippen molar-refractivity contribution in [2.45, 2.75) is 11.3 Å². The van der Waals surface area contributed by atoms with E-state index in [-0.39, 0.29) is 17.7 Å². The number of hydrogen-bond donors (Lipinski definition) is 0. The first-order chi connectivity index (χ1) is 14.7. The summed E-state index contributed by atoms with van der Waals surface area (Å²) in [5.41, 5.74) is 2.45. The van der Waals surface area contributed by atoms with Crippen LogP contribution in [0, 0.1) is 11.3 Å². The lowest BCUT2D eigenvalue weighted by Gasteiger charge is -2.37. The maximum Gasteiger partial charge on any atom is 0.257 e. The number of aromatic nitrogens is 1. The van der Waals surface area contributed by atoms with E-state index in [1.807, 2.05) is 53.4 Å². The number of carbonyl (C=O) groups is 1. The summed E-state index contributed by atoms with van der Waals surface area (Å²) in [7, 11) is 1.62. The van der Waals surface area contributed by atoms with Crippen molar-refractivity contribution in [3.05, 3.63) is 54.1 Å². The van der Waals surface area contributed by atoms with Gasteiger partial charge < -0.3 is 14.1 Å². The van der Waals surface area contributed by atoms with E-state index >= 15 is 0 Å². The zero-order valence-electron chi connectivity index (χ0n) is 16.7. The molecule has 0 N–H and O–H groups in total. The van der Waals surface area contributed by atoms with Gasteiger partial charge in [-0.25, -0.2) is 4.98 Å². The van der Waals surface area contributed by atoms with Gasteiger partial charge in [0.25, 0.3) is 5.22 Å². The van der Waals surface area contributed by atoms with E-state index < -0.39 is 0 Å². The minimum Gasteiger partial charge on any atom is -0.497 e. The normalized spacial score (nSPS) is 15.7. The fourth-order valence-electron chi connectivity index (χ4n) is 3.51. The molecular weight excluding hydrogens is 400 g/mol. The molecule has 8 heteroatoms. The van der Waals surface area contributed by atoms with Crippen molar-refractivity contribution in [1.29, 1.82) is 5.26 Å². The van der Waals surface area contributed by atoms with Crippen molar-refractivity contribution in [2.75, 3.05) is 39.0 Å². The summed E-state index contributed by atoms with van der Waals surface area (Å²) < 4.78 is 10.8. The lowest BCUT2D eigenvalue weighted by atomic mass is 10.1. The van der Waals surface area contributed by atoms with Gasteiger partial charge in [0.15, 0.2) is 5.58 Å². The number of rotatable bonds is 6. The Hall–Kier alpha value is -3.02. The van der Waals surface area contributed by atoms with Gasteiger partial charge in [0, 0.05) is 26.2 Å². The van der Waals surface area contributed by atoms with Crippen LogP contribution in [0.2, 0.25) is 0 Å². The average Bonchev–Trinajstić information content (AvgIpc) is 3.22. The molecule has 2 aromatic carbocycles. The van der Waals surface area contributed by atoms with Crippen LogP contribution in [0.15, 0.2) is 58.2 Å². The minimum absolute atomic E-state index is 0.0554. The summed E-state index contributed by atoms with van der Waals surface area (Å²) in [5, 5.41) is 10.2. The summed E-state index contributed by atoms with van der Waals surface area (Å²) in [6.07, 6.45) is 0. The second kappa shape index (κ2) is 9.20. The Bertz CT molecular complexity index is 1020. The predicted octanol–water partition coefficient (Wildman–Crippen LogP) is 3.34. The van der Waals surface area contributed by atoms with Gasteiger partial charge in [0.05, 0.1) is 18.9 Å². The van der Waals surface area contributed by atoms with E-state index in [1.165, 1.54) is 11.8 Å². The molecule has 1 aliphatic heterocycles. The first kappa shape index (κ1) is 20.3. The van der Waals surface area contributed by atoms with Crippen LogP contribution in [0.25, 0.3) is 11.1 Å². The molecule has 1 atom stereocenters. The highest BCUT2D eigenvalue weighted by atomic mass is 32.2. The van der Waals surface area contributed by atoms with Crippen molar-refractivity contribution in [3.8, 4) is 11.8 Å². The Morgan fingerprint density at radius 3 is 2.60 bits per heavy atom. The van der Waals surface area contributed by atoms with Crippen molar-refractivity contribution < 1.29 is 13.9 Å². The standard InChI is InChI=1S/C22H22N4O3S/c1-28-17-8-6-16(7-9-17)19(14-23)25-10-12-26(13-11-25)21(27)15-30-22-24-18-4-2-3-5-20(18)29-22/h2-9,19H,10-13,15H2,1H3. The SMILES string of the molecule is COc1ccc(C(C#N)N2CCN(C(=O)CSc3nc4ccccc4o3)CC2)cc1. The van der Waals surface area contributed by atoms with Crippen LogP contribution in [0.5, 0.6) is 5.75 Å². The molecule has 0 bridgehead atoms. The number of oxazole rings is 1. The number of carbonyl (C=O) groups excluding carboxylic acids is 1. The summed E-state index contributed by atoms with van der Waals surface area (Å²) >= 11 is 1.31. The van der Waals surface area contributed by atoms with Gasteiger partial charge in [0.2, 0.25) is 5.91 Å². The fraction of sp³-hybridized carbons (Fsp3) is 0.318. The molecule has 30 heavy (non-hydrogen) atoms. The van der Waals surface area contributed by atoms with Gasteiger partial charge in [-0.15, -0.1) is 0 Å². The zero-order chi connectivity index (χ0) is 20.9. The number of ether oxygens (including phenoxy) is 1. The van der Waals surface area contributed by atoms with E-state index in [0.717, 1.165) is 22.4 Å². The topological polar surface area (TPSA) is 82.6 Å². The van der Waals surface area contributed by atoms with Crippen LogP contribution in [-0.2, 0) is 4.79 Å². The number of fused-ring (bicyclic) bond motifs is 1. The highest BCUT2D eigenvalue weighted by Crippen LogP contribution is 2.25. The summed E-state index contributed by atoms with van der Waals surface area (Å²) in [6, 6.07) is 17.2. The summed E-state index contributed by atoms with van der Waals surface area (Å²) in [4.78, 5) is 21.0. The molecule has 1 saturated heterocycles. The van der Waals surface area contributed by atoms with Crippen LogP contribution in [-0.4, -0.2) is 59.7 Å². The highest BCUT2D eigenvalue weighted by molar-refractivity contribution is 7.99. The second-order valence-electron chi connectivity index (χ2n) is 6.96. The summed E-state index contributed by atoms with van der Waals surface area (Å²) in [5.74, 6) is 1.11. The number of thioether (sulfide) groups is 1. The van der Waals surface area contributed by atoms with Crippen LogP contribution in [0.1, 0.15) is 11.6 Å². The average molecular weight is 423 g/mol. The molecule has 1 aromatic heterocycles. The molecule has 1 unspecified atom stereocenters. The lowest BCUT2D eigenvalue weighted by Crippen LogP contribution is -2.50. The molecule has 0 spiro atoms. The molecule has 0 saturated carbocycles. The van der Waals surface area contributed by atoms with Gasteiger partial charge in [-0.2, -0.15) is 5.26 Å². The van der Waals surface area contributed by atoms with Crippen LogP contribution < -0.4 is 4.74 Å². The molecule has 7 nitrogen and oxygen atoms in total. The molecule has 2 heterocycles.